The maximum absolute atomic E-state index is 2.31. The van der Waals surface area contributed by atoms with E-state index < -0.39 is 0 Å². The molecule has 0 N–H and O–H groups in total. The molecule has 0 spiro atoms. The van der Waals surface area contributed by atoms with E-state index in [1.165, 1.54) is 22.3 Å². The summed E-state index contributed by atoms with van der Waals surface area (Å²) in [6.45, 7) is 0. The Hall–Kier alpha value is -2.34. The third kappa shape index (κ3) is 3.61. The lowest BCUT2D eigenvalue weighted by Gasteiger charge is -2.09. The fourth-order valence-electron chi connectivity index (χ4n) is 2.62. The molecule has 0 saturated heterocycles. The van der Waals surface area contributed by atoms with Gasteiger partial charge in [-0.15, -0.1) is 0 Å². The quantitative estimate of drug-likeness (QED) is 0.571. The van der Waals surface area contributed by atoms with Gasteiger partial charge in [0, 0.05) is 0 Å². The van der Waals surface area contributed by atoms with Crippen LogP contribution in [0.3, 0.4) is 0 Å². The number of benzene rings is 3. The van der Waals surface area contributed by atoms with Crippen LogP contribution >= 0.6 is 0 Å². The van der Waals surface area contributed by atoms with E-state index in [1.54, 1.807) is 0 Å². The van der Waals surface area contributed by atoms with Gasteiger partial charge >= 0.3 is 0 Å². The van der Waals surface area contributed by atoms with Gasteiger partial charge in [-0.2, -0.15) is 0 Å². The zero-order chi connectivity index (χ0) is 14.3. The first-order valence-electron chi connectivity index (χ1n) is 7.45. The number of aryl methyl sites for hydroxylation is 1. The van der Waals surface area contributed by atoms with Crippen molar-refractivity contribution in [2.24, 2.45) is 0 Å². The van der Waals surface area contributed by atoms with Gasteiger partial charge in [0.05, 0.1) is 0 Å². The molecule has 0 atom stereocenters. The maximum atomic E-state index is 2.31. The van der Waals surface area contributed by atoms with Crippen molar-refractivity contribution in [3.63, 3.8) is 0 Å². The van der Waals surface area contributed by atoms with Crippen molar-refractivity contribution in [3.05, 3.63) is 102 Å². The highest BCUT2D eigenvalue weighted by molar-refractivity contribution is 5.67. The summed E-state index contributed by atoms with van der Waals surface area (Å²) in [7, 11) is 0. The van der Waals surface area contributed by atoms with E-state index in [0.29, 0.717) is 0 Å². The summed E-state index contributed by atoms with van der Waals surface area (Å²) >= 11 is 0. The van der Waals surface area contributed by atoms with Crippen LogP contribution in [0.5, 0.6) is 0 Å². The van der Waals surface area contributed by atoms with Crippen molar-refractivity contribution < 1.29 is 0 Å². The molecule has 21 heavy (non-hydrogen) atoms. The first kappa shape index (κ1) is 13.6. The van der Waals surface area contributed by atoms with E-state index in [-0.39, 0.29) is 0 Å². The monoisotopic (exact) mass is 271 g/mol. The van der Waals surface area contributed by atoms with E-state index in [1.807, 2.05) is 0 Å². The first-order chi connectivity index (χ1) is 10.4. The Bertz CT molecular complexity index is 669. The SMILES string of the molecule is [CH](CCc1ccccc1-c1ccccc1)c1ccccc1. The first-order valence-corrected chi connectivity index (χ1v) is 7.45. The van der Waals surface area contributed by atoms with Crippen LogP contribution in [-0.4, -0.2) is 0 Å². The smallest absolute Gasteiger partial charge is 0.00898 e. The van der Waals surface area contributed by atoms with Crippen LogP contribution in [0.25, 0.3) is 11.1 Å². The molecular formula is C21H19. The molecular weight excluding hydrogens is 252 g/mol. The largest absolute Gasteiger partial charge is 0.0622 e. The molecule has 0 fully saturated rings. The van der Waals surface area contributed by atoms with E-state index in [4.69, 9.17) is 0 Å². The molecule has 0 aliphatic rings. The highest BCUT2D eigenvalue weighted by Crippen LogP contribution is 2.25. The van der Waals surface area contributed by atoms with Crippen molar-refractivity contribution in [1.82, 2.24) is 0 Å². The molecule has 0 aliphatic heterocycles. The lowest BCUT2D eigenvalue weighted by Crippen LogP contribution is -1.91. The summed E-state index contributed by atoms with van der Waals surface area (Å²) < 4.78 is 0. The van der Waals surface area contributed by atoms with Crippen molar-refractivity contribution in [2.75, 3.05) is 0 Å². The van der Waals surface area contributed by atoms with Crippen LogP contribution in [0.1, 0.15) is 17.5 Å². The summed E-state index contributed by atoms with van der Waals surface area (Å²) in [5, 5.41) is 0. The fourth-order valence-corrected chi connectivity index (χ4v) is 2.62. The normalized spacial score (nSPS) is 10.5. The zero-order valence-corrected chi connectivity index (χ0v) is 12.1. The van der Waals surface area contributed by atoms with Crippen molar-refractivity contribution in [1.29, 1.82) is 0 Å². The van der Waals surface area contributed by atoms with Gasteiger partial charge in [0.1, 0.15) is 0 Å². The molecule has 0 bridgehead atoms. The summed E-state index contributed by atoms with van der Waals surface area (Å²) in [5.41, 5.74) is 5.36. The molecule has 0 saturated carbocycles. The second kappa shape index (κ2) is 6.90. The summed E-state index contributed by atoms with van der Waals surface area (Å²) in [4.78, 5) is 0. The van der Waals surface area contributed by atoms with Gasteiger partial charge in [-0.3, -0.25) is 0 Å². The Balaban J connectivity index is 1.71. The van der Waals surface area contributed by atoms with Crippen molar-refractivity contribution in [2.45, 2.75) is 12.8 Å². The minimum atomic E-state index is 1.06. The number of hydrogen-bond acceptors (Lipinski definition) is 0. The van der Waals surface area contributed by atoms with Gasteiger partial charge in [0.25, 0.3) is 0 Å². The Morgan fingerprint density at radius 1 is 0.619 bits per heavy atom. The lowest BCUT2D eigenvalue weighted by molar-refractivity contribution is 0.953. The summed E-state index contributed by atoms with van der Waals surface area (Å²) in [6.07, 6.45) is 4.44. The average molecular weight is 271 g/mol. The minimum absolute atomic E-state index is 1.06. The third-order valence-corrected chi connectivity index (χ3v) is 3.70. The van der Waals surface area contributed by atoms with Gasteiger partial charge in [-0.05, 0) is 41.5 Å². The predicted molar refractivity (Wildman–Crippen MR) is 90.0 cm³/mol. The molecule has 0 amide bonds. The molecule has 0 aromatic heterocycles. The highest BCUT2D eigenvalue weighted by Gasteiger charge is 2.04. The second-order valence-corrected chi connectivity index (χ2v) is 5.18. The topological polar surface area (TPSA) is 0 Å². The molecule has 103 valence electrons. The maximum Gasteiger partial charge on any atom is -0.00898 e. The average Bonchev–Trinajstić information content (AvgIpc) is 2.57. The van der Waals surface area contributed by atoms with Crippen molar-refractivity contribution >= 4 is 0 Å². The molecule has 3 aromatic rings. The van der Waals surface area contributed by atoms with E-state index >= 15 is 0 Å². The molecule has 0 heterocycles. The van der Waals surface area contributed by atoms with E-state index in [9.17, 15) is 0 Å². The molecule has 0 unspecified atom stereocenters. The van der Waals surface area contributed by atoms with Crippen LogP contribution < -0.4 is 0 Å². The van der Waals surface area contributed by atoms with Gasteiger partial charge in [0.2, 0.25) is 0 Å². The van der Waals surface area contributed by atoms with Crippen molar-refractivity contribution in [3.8, 4) is 11.1 Å². The van der Waals surface area contributed by atoms with Gasteiger partial charge in [-0.1, -0.05) is 84.9 Å². The Labute approximate surface area is 127 Å². The van der Waals surface area contributed by atoms with E-state index in [2.05, 4.69) is 91.3 Å². The summed E-state index contributed by atoms with van der Waals surface area (Å²) in [6, 6.07) is 29.9. The molecule has 3 aromatic carbocycles. The number of rotatable bonds is 5. The number of hydrogen-bond donors (Lipinski definition) is 0. The minimum Gasteiger partial charge on any atom is -0.0622 e. The Morgan fingerprint density at radius 3 is 2.00 bits per heavy atom. The van der Waals surface area contributed by atoms with Gasteiger partial charge in [-0.25, -0.2) is 0 Å². The lowest BCUT2D eigenvalue weighted by atomic mass is 9.95. The third-order valence-electron chi connectivity index (χ3n) is 3.70. The standard InChI is InChI=1S/C21H19/c1-3-10-18(11-4-1)12-9-16-20-15-7-8-17-21(20)19-13-5-2-6-14-19/h1-8,10-15,17H,9,16H2. The molecule has 0 heteroatoms. The zero-order valence-electron chi connectivity index (χ0n) is 12.1. The van der Waals surface area contributed by atoms with Gasteiger partial charge < -0.3 is 0 Å². The molecule has 1 radical (unpaired) electrons. The summed E-state index contributed by atoms with van der Waals surface area (Å²) in [5.74, 6) is 0. The highest BCUT2D eigenvalue weighted by atomic mass is 14.1. The molecule has 3 rings (SSSR count). The molecule has 0 nitrogen and oxygen atoms in total. The Morgan fingerprint density at radius 2 is 1.24 bits per heavy atom. The van der Waals surface area contributed by atoms with E-state index in [0.717, 1.165) is 12.8 Å². The van der Waals surface area contributed by atoms with Crippen LogP contribution in [0, 0.1) is 6.42 Å². The predicted octanol–water partition coefficient (Wildman–Crippen LogP) is 5.54. The fraction of sp³-hybridized carbons (Fsp3) is 0.0952. The second-order valence-electron chi connectivity index (χ2n) is 5.18. The van der Waals surface area contributed by atoms with Crippen LogP contribution in [0.15, 0.2) is 84.9 Å². The molecule has 0 aliphatic carbocycles. The Kier molecular flexibility index (Phi) is 4.48. The van der Waals surface area contributed by atoms with Crippen LogP contribution in [0.2, 0.25) is 0 Å². The van der Waals surface area contributed by atoms with Crippen LogP contribution in [-0.2, 0) is 6.42 Å². The van der Waals surface area contributed by atoms with Gasteiger partial charge in [0.15, 0.2) is 0 Å². The van der Waals surface area contributed by atoms with Crippen LogP contribution in [0.4, 0.5) is 0 Å².